The minimum Gasteiger partial charge on any atom is -0.263 e. The zero-order valence-corrected chi connectivity index (χ0v) is 11.8. The van der Waals surface area contributed by atoms with Crippen LogP contribution in [0.3, 0.4) is 0 Å². The Labute approximate surface area is 117 Å². The molecule has 114 valence electrons. The van der Waals surface area contributed by atoms with Gasteiger partial charge in [0, 0.05) is 12.8 Å². The molecule has 0 aliphatic carbocycles. The van der Waals surface area contributed by atoms with Crippen LogP contribution in [0.1, 0.15) is 32.1 Å². The van der Waals surface area contributed by atoms with E-state index in [1.807, 2.05) is 0 Å². The van der Waals surface area contributed by atoms with E-state index in [1.165, 1.54) is 0 Å². The Kier molecular flexibility index (Phi) is 8.26. The van der Waals surface area contributed by atoms with E-state index in [4.69, 9.17) is 0 Å². The average molecular weight is 310 g/mol. The van der Waals surface area contributed by atoms with Crippen LogP contribution in [0.25, 0.3) is 0 Å². The van der Waals surface area contributed by atoms with Crippen LogP contribution in [0.4, 0.5) is 13.2 Å². The first-order chi connectivity index (χ1) is 9.20. The molecule has 0 N–H and O–H groups in total. The third kappa shape index (κ3) is 8.02. The van der Waals surface area contributed by atoms with Crippen molar-refractivity contribution in [2.75, 3.05) is 6.61 Å². The van der Waals surface area contributed by atoms with E-state index in [-0.39, 0.29) is 6.42 Å². The lowest BCUT2D eigenvalue weighted by Crippen LogP contribution is -2.25. The van der Waals surface area contributed by atoms with Gasteiger partial charge in [-0.1, -0.05) is 24.8 Å². The average Bonchev–Trinajstić information content (AvgIpc) is 2.34. The molecule has 7 heteroatoms. The van der Waals surface area contributed by atoms with E-state index in [1.54, 1.807) is 6.08 Å². The van der Waals surface area contributed by atoms with Crippen molar-refractivity contribution in [2.45, 2.75) is 37.6 Å². The second-order valence-corrected chi connectivity index (χ2v) is 5.50. The Bertz CT molecular complexity index is 481. The Hall–Kier alpha value is -1.26. The van der Waals surface area contributed by atoms with Crippen LogP contribution < -0.4 is 0 Å². The summed E-state index contributed by atoms with van der Waals surface area (Å²) < 4.78 is 60.6. The van der Waals surface area contributed by atoms with E-state index in [9.17, 15) is 21.6 Å². The molecule has 0 radical (unpaired) electrons. The summed E-state index contributed by atoms with van der Waals surface area (Å²) in [6.45, 7) is 6.79. The molecule has 0 bridgehead atoms. The minimum absolute atomic E-state index is 0.198. The van der Waals surface area contributed by atoms with E-state index in [2.05, 4.69) is 29.2 Å². The molecule has 0 aromatic rings. The highest BCUT2D eigenvalue weighted by Gasteiger charge is 2.47. The van der Waals surface area contributed by atoms with Gasteiger partial charge in [-0.05, 0) is 19.3 Å². The Morgan fingerprint density at radius 1 is 1.20 bits per heavy atom. The molecule has 20 heavy (non-hydrogen) atoms. The molecule has 0 saturated carbocycles. The molecule has 0 aromatic carbocycles. The van der Waals surface area contributed by atoms with Crippen molar-refractivity contribution >= 4 is 10.1 Å². The second kappa shape index (κ2) is 8.82. The Morgan fingerprint density at radius 2 is 1.80 bits per heavy atom. The largest absolute Gasteiger partial charge is 0.523 e. The zero-order valence-electron chi connectivity index (χ0n) is 11.0. The summed E-state index contributed by atoms with van der Waals surface area (Å²) in [5.41, 5.74) is -4.47. The molecule has 0 aromatic heterocycles. The van der Waals surface area contributed by atoms with E-state index in [0.29, 0.717) is 19.3 Å². The fraction of sp³-hybridized carbons (Fsp3) is 0.538. The van der Waals surface area contributed by atoms with E-state index >= 15 is 0 Å². The van der Waals surface area contributed by atoms with Crippen LogP contribution in [0.15, 0.2) is 24.8 Å². The summed E-state index contributed by atoms with van der Waals surface area (Å²) >= 11 is 0. The van der Waals surface area contributed by atoms with Gasteiger partial charge in [0.1, 0.15) is 0 Å². The van der Waals surface area contributed by atoms with Gasteiger partial charge in [0.25, 0.3) is 0 Å². The molecular weight excluding hydrogens is 293 g/mol. The van der Waals surface area contributed by atoms with Gasteiger partial charge < -0.3 is 0 Å². The van der Waals surface area contributed by atoms with Gasteiger partial charge in [0.2, 0.25) is 0 Å². The molecule has 0 spiro atoms. The molecule has 0 aliphatic heterocycles. The molecule has 0 unspecified atom stereocenters. The van der Waals surface area contributed by atoms with Gasteiger partial charge in [0.05, 0.1) is 6.61 Å². The highest BCUT2D eigenvalue weighted by molar-refractivity contribution is 7.87. The minimum atomic E-state index is -5.47. The van der Waals surface area contributed by atoms with Crippen molar-refractivity contribution in [1.29, 1.82) is 0 Å². The fourth-order valence-electron chi connectivity index (χ4n) is 1.05. The molecular formula is C13H17F3O3S. The lowest BCUT2D eigenvalue weighted by Gasteiger charge is -2.07. The second-order valence-electron chi connectivity index (χ2n) is 3.89. The van der Waals surface area contributed by atoms with Gasteiger partial charge in [-0.15, -0.1) is 11.8 Å². The van der Waals surface area contributed by atoms with Gasteiger partial charge >= 0.3 is 15.6 Å². The number of hydrogen-bond acceptors (Lipinski definition) is 3. The maximum absolute atomic E-state index is 11.9. The fourth-order valence-corrected chi connectivity index (χ4v) is 1.52. The summed E-state index contributed by atoms with van der Waals surface area (Å²) in [6.07, 6.45) is 4.18. The summed E-state index contributed by atoms with van der Waals surface area (Å²) in [5.74, 6) is 5.72. The number of rotatable bonds is 8. The first-order valence-electron chi connectivity index (χ1n) is 5.92. The predicted molar refractivity (Wildman–Crippen MR) is 71.1 cm³/mol. The molecule has 0 rings (SSSR count). The lowest BCUT2D eigenvalue weighted by molar-refractivity contribution is -0.0542. The van der Waals surface area contributed by atoms with Crippen LogP contribution >= 0.6 is 0 Å². The number of alkyl halides is 3. The van der Waals surface area contributed by atoms with Gasteiger partial charge in [0.15, 0.2) is 0 Å². The lowest BCUT2D eigenvalue weighted by atomic mass is 10.1. The van der Waals surface area contributed by atoms with Crippen molar-refractivity contribution in [3.8, 4) is 11.8 Å². The van der Waals surface area contributed by atoms with Crippen molar-refractivity contribution < 1.29 is 25.8 Å². The smallest absolute Gasteiger partial charge is 0.263 e. The first-order valence-corrected chi connectivity index (χ1v) is 7.33. The van der Waals surface area contributed by atoms with Crippen molar-refractivity contribution in [1.82, 2.24) is 0 Å². The van der Waals surface area contributed by atoms with Crippen molar-refractivity contribution in [3.63, 3.8) is 0 Å². The normalized spacial score (nSPS) is 11.6. The highest BCUT2D eigenvalue weighted by atomic mass is 32.2. The van der Waals surface area contributed by atoms with Crippen LogP contribution in [0, 0.1) is 11.8 Å². The van der Waals surface area contributed by atoms with Gasteiger partial charge in [-0.3, -0.25) is 4.18 Å². The van der Waals surface area contributed by atoms with Crippen molar-refractivity contribution in [2.24, 2.45) is 0 Å². The molecule has 0 fully saturated rings. The van der Waals surface area contributed by atoms with Crippen LogP contribution in [-0.4, -0.2) is 20.5 Å². The molecule has 0 atom stereocenters. The van der Waals surface area contributed by atoms with E-state index in [0.717, 1.165) is 12.0 Å². The topological polar surface area (TPSA) is 43.4 Å². The van der Waals surface area contributed by atoms with Crippen LogP contribution in [0.5, 0.6) is 0 Å². The van der Waals surface area contributed by atoms with Crippen LogP contribution in [0.2, 0.25) is 0 Å². The van der Waals surface area contributed by atoms with E-state index < -0.39 is 22.2 Å². The quantitative estimate of drug-likeness (QED) is 0.226. The number of hydrogen-bond donors (Lipinski definition) is 0. The zero-order chi connectivity index (χ0) is 15.6. The van der Waals surface area contributed by atoms with Gasteiger partial charge in [-0.2, -0.15) is 21.6 Å². The number of allylic oxidation sites excluding steroid dienone is 2. The maximum Gasteiger partial charge on any atom is 0.523 e. The van der Waals surface area contributed by atoms with Crippen molar-refractivity contribution in [3.05, 3.63) is 24.8 Å². The molecule has 0 heterocycles. The van der Waals surface area contributed by atoms with Crippen LogP contribution in [-0.2, 0) is 14.3 Å². The summed E-state index contributed by atoms with van der Waals surface area (Å²) in [6, 6.07) is 0. The third-order valence-corrected chi connectivity index (χ3v) is 3.25. The Morgan fingerprint density at radius 3 is 2.35 bits per heavy atom. The molecule has 0 aliphatic rings. The summed E-state index contributed by atoms with van der Waals surface area (Å²) in [4.78, 5) is 0. The number of unbranched alkanes of at least 4 members (excludes halogenated alkanes) is 2. The predicted octanol–water partition coefficient (Wildman–Crippen LogP) is 3.55. The summed E-state index contributed by atoms with van der Waals surface area (Å²) in [5, 5.41) is 0. The summed E-state index contributed by atoms with van der Waals surface area (Å²) in [7, 11) is -5.47. The third-order valence-electron chi connectivity index (χ3n) is 2.20. The maximum atomic E-state index is 11.9. The molecule has 0 saturated heterocycles. The number of halogens is 3. The monoisotopic (exact) mass is 310 g/mol. The highest BCUT2D eigenvalue weighted by Crippen LogP contribution is 2.24. The standard InChI is InChI=1S/C13H17F3O3S/c1-3-12(2)10-8-6-4-5-7-9-11-19-20(17,18)13(14,15)16/h3H,1-2,5,7-11H2. The molecule has 0 amide bonds. The first kappa shape index (κ1) is 18.7. The Balaban J connectivity index is 3.72. The van der Waals surface area contributed by atoms with Gasteiger partial charge in [-0.25, -0.2) is 0 Å². The SMILES string of the molecule is C=CC(=C)CCC#CCCCCOS(=O)(=O)C(F)(F)F. The molecule has 3 nitrogen and oxygen atoms in total.